The summed E-state index contributed by atoms with van der Waals surface area (Å²) in [6.07, 6.45) is 1.81. The Balaban J connectivity index is 1.92. The van der Waals surface area contributed by atoms with Crippen molar-refractivity contribution in [3.63, 3.8) is 0 Å². The van der Waals surface area contributed by atoms with Gasteiger partial charge in [-0.2, -0.15) is 0 Å². The van der Waals surface area contributed by atoms with Crippen LogP contribution in [0, 0.1) is 5.82 Å². The molecule has 0 radical (unpaired) electrons. The highest BCUT2D eigenvalue weighted by molar-refractivity contribution is 8.27. The van der Waals surface area contributed by atoms with Crippen molar-refractivity contribution >= 4 is 46.0 Å². The third-order valence-corrected chi connectivity index (χ3v) is 4.75. The largest absolute Gasteiger partial charge is 0.490 e. The van der Waals surface area contributed by atoms with E-state index >= 15 is 0 Å². The van der Waals surface area contributed by atoms with Gasteiger partial charge >= 0.3 is 0 Å². The van der Waals surface area contributed by atoms with E-state index in [4.69, 9.17) is 17.0 Å². The highest BCUT2D eigenvalue weighted by atomic mass is 32.2. The lowest BCUT2D eigenvalue weighted by atomic mass is 10.1. The number of thiocarbonyl (C=S) groups is 1. The Morgan fingerprint density at radius 3 is 2.52 bits per heavy atom. The van der Waals surface area contributed by atoms with E-state index in [1.54, 1.807) is 18.2 Å². The molecule has 3 nitrogen and oxygen atoms in total. The Labute approximate surface area is 155 Å². The normalized spacial score (nSPS) is 16.2. The summed E-state index contributed by atoms with van der Waals surface area (Å²) in [7, 11) is 0. The molecule has 6 heteroatoms. The summed E-state index contributed by atoms with van der Waals surface area (Å²) < 4.78 is 19.3. The predicted molar refractivity (Wildman–Crippen MR) is 104 cm³/mol. The van der Waals surface area contributed by atoms with E-state index in [-0.39, 0.29) is 17.8 Å². The van der Waals surface area contributed by atoms with Gasteiger partial charge in [-0.1, -0.05) is 42.2 Å². The molecule has 0 spiro atoms. The summed E-state index contributed by atoms with van der Waals surface area (Å²) in [4.78, 5) is 14.7. The van der Waals surface area contributed by atoms with Gasteiger partial charge in [-0.3, -0.25) is 9.69 Å². The van der Waals surface area contributed by atoms with Crippen LogP contribution in [0.4, 0.5) is 10.1 Å². The lowest BCUT2D eigenvalue weighted by Gasteiger charge is -2.14. The zero-order valence-electron chi connectivity index (χ0n) is 13.7. The first kappa shape index (κ1) is 17.6. The topological polar surface area (TPSA) is 29.5 Å². The molecule has 0 bridgehead atoms. The fraction of sp³-hybridized carbons (Fsp3) is 0.158. The number of hydrogen-bond acceptors (Lipinski definition) is 4. The highest BCUT2D eigenvalue weighted by Gasteiger charge is 2.33. The van der Waals surface area contributed by atoms with Crippen molar-refractivity contribution in [2.75, 3.05) is 4.90 Å². The number of halogens is 1. The molecular weight excluding hydrogens is 357 g/mol. The van der Waals surface area contributed by atoms with Crippen LogP contribution >= 0.6 is 24.0 Å². The van der Waals surface area contributed by atoms with Gasteiger partial charge in [0.05, 0.1) is 16.7 Å². The number of nitrogens with zero attached hydrogens (tertiary/aromatic N) is 1. The Morgan fingerprint density at radius 1 is 1.16 bits per heavy atom. The predicted octanol–water partition coefficient (Wildman–Crippen LogP) is 5.02. The minimum Gasteiger partial charge on any atom is -0.490 e. The number of rotatable bonds is 4. The van der Waals surface area contributed by atoms with Crippen LogP contribution in [0.5, 0.6) is 5.75 Å². The smallest absolute Gasteiger partial charge is 0.270 e. The zero-order valence-corrected chi connectivity index (χ0v) is 15.4. The number of benzene rings is 2. The molecular formula is C19H16FNO2S2. The number of anilines is 1. The molecule has 1 heterocycles. The molecule has 0 unspecified atom stereocenters. The van der Waals surface area contributed by atoms with Gasteiger partial charge < -0.3 is 4.74 Å². The molecule has 0 saturated carbocycles. The van der Waals surface area contributed by atoms with E-state index in [0.29, 0.717) is 20.7 Å². The fourth-order valence-electron chi connectivity index (χ4n) is 2.38. The van der Waals surface area contributed by atoms with Crippen molar-refractivity contribution in [3.05, 3.63) is 64.8 Å². The van der Waals surface area contributed by atoms with Crippen molar-refractivity contribution < 1.29 is 13.9 Å². The first-order valence-electron chi connectivity index (χ1n) is 7.75. The lowest BCUT2D eigenvalue weighted by Crippen LogP contribution is -2.27. The third kappa shape index (κ3) is 3.91. The van der Waals surface area contributed by atoms with Crippen molar-refractivity contribution in [3.8, 4) is 5.75 Å². The van der Waals surface area contributed by atoms with Crippen molar-refractivity contribution in [1.29, 1.82) is 0 Å². The van der Waals surface area contributed by atoms with Gasteiger partial charge in [-0.25, -0.2) is 4.39 Å². The molecule has 0 atom stereocenters. The maximum Gasteiger partial charge on any atom is 0.270 e. The molecule has 1 amide bonds. The Bertz CT molecular complexity index is 847. The van der Waals surface area contributed by atoms with E-state index in [1.165, 1.54) is 28.8 Å². The van der Waals surface area contributed by atoms with Gasteiger partial charge in [-0.15, -0.1) is 0 Å². The van der Waals surface area contributed by atoms with E-state index in [2.05, 4.69) is 0 Å². The van der Waals surface area contributed by atoms with Crippen LogP contribution in [-0.4, -0.2) is 16.3 Å². The van der Waals surface area contributed by atoms with E-state index in [0.717, 1.165) is 5.56 Å². The van der Waals surface area contributed by atoms with Crippen LogP contribution in [0.15, 0.2) is 53.4 Å². The minimum absolute atomic E-state index is 0.0308. The quantitative estimate of drug-likeness (QED) is 0.556. The molecule has 2 aromatic carbocycles. The van der Waals surface area contributed by atoms with Crippen molar-refractivity contribution in [2.24, 2.45) is 0 Å². The average molecular weight is 373 g/mol. The second-order valence-corrected chi connectivity index (χ2v) is 7.37. The molecule has 1 fully saturated rings. The molecule has 25 heavy (non-hydrogen) atoms. The first-order valence-corrected chi connectivity index (χ1v) is 8.97. The SMILES string of the molecule is CC(C)Oc1ccccc1C=C1SC(=S)N(c2ccc(F)cc2)C1=O. The van der Waals surface area contributed by atoms with Gasteiger partial charge in [0.2, 0.25) is 0 Å². The maximum atomic E-state index is 13.1. The number of amides is 1. The summed E-state index contributed by atoms with van der Waals surface area (Å²) in [5, 5.41) is 0. The van der Waals surface area contributed by atoms with Gasteiger partial charge in [0, 0.05) is 5.56 Å². The summed E-state index contributed by atoms with van der Waals surface area (Å²) in [6.45, 7) is 3.90. The first-order chi connectivity index (χ1) is 12.0. The fourth-order valence-corrected chi connectivity index (χ4v) is 3.67. The molecule has 1 saturated heterocycles. The molecule has 0 N–H and O–H groups in total. The summed E-state index contributed by atoms with van der Waals surface area (Å²) >= 11 is 6.55. The molecule has 0 aliphatic carbocycles. The standard InChI is InChI=1S/C19H16FNO2S2/c1-12(2)23-16-6-4-3-5-13(16)11-17-18(22)21(19(24)25-17)15-9-7-14(20)8-10-15/h3-12H,1-2H3. The third-order valence-electron chi connectivity index (χ3n) is 3.45. The van der Waals surface area contributed by atoms with E-state index in [9.17, 15) is 9.18 Å². The molecule has 3 rings (SSSR count). The lowest BCUT2D eigenvalue weighted by molar-refractivity contribution is -0.113. The van der Waals surface area contributed by atoms with Crippen LogP contribution in [-0.2, 0) is 4.79 Å². The van der Waals surface area contributed by atoms with Crippen LogP contribution in [0.25, 0.3) is 6.08 Å². The van der Waals surface area contributed by atoms with Gasteiger partial charge in [0.1, 0.15) is 11.6 Å². The average Bonchev–Trinajstić information content (AvgIpc) is 2.84. The second-order valence-electron chi connectivity index (χ2n) is 5.70. The number of carbonyl (C=O) groups is 1. The Kier molecular flexibility index (Phi) is 5.20. The monoisotopic (exact) mass is 373 g/mol. The Morgan fingerprint density at radius 2 is 1.84 bits per heavy atom. The summed E-state index contributed by atoms with van der Waals surface area (Å²) in [5.41, 5.74) is 1.37. The van der Waals surface area contributed by atoms with Crippen molar-refractivity contribution in [1.82, 2.24) is 0 Å². The molecule has 1 aliphatic heterocycles. The Hall–Kier alpha value is -2.18. The van der Waals surface area contributed by atoms with E-state index in [1.807, 2.05) is 38.1 Å². The summed E-state index contributed by atoms with van der Waals surface area (Å²) in [5.74, 6) is 0.134. The number of hydrogen-bond donors (Lipinski definition) is 0. The number of carbonyl (C=O) groups excluding carboxylic acids is 1. The van der Waals surface area contributed by atoms with Crippen LogP contribution in [0.1, 0.15) is 19.4 Å². The summed E-state index contributed by atoms with van der Waals surface area (Å²) in [6, 6.07) is 13.2. The van der Waals surface area contributed by atoms with Crippen LogP contribution < -0.4 is 9.64 Å². The zero-order chi connectivity index (χ0) is 18.0. The van der Waals surface area contributed by atoms with Gasteiger partial charge in [0.25, 0.3) is 5.91 Å². The molecule has 0 aromatic heterocycles. The van der Waals surface area contributed by atoms with Crippen LogP contribution in [0.3, 0.4) is 0 Å². The maximum absolute atomic E-state index is 13.1. The number of thioether (sulfide) groups is 1. The molecule has 2 aromatic rings. The van der Waals surface area contributed by atoms with Crippen LogP contribution in [0.2, 0.25) is 0 Å². The van der Waals surface area contributed by atoms with E-state index < -0.39 is 0 Å². The number of para-hydroxylation sites is 1. The van der Waals surface area contributed by atoms with Gasteiger partial charge in [0.15, 0.2) is 4.32 Å². The van der Waals surface area contributed by atoms with Gasteiger partial charge in [-0.05, 0) is 50.3 Å². The number of ether oxygens (including phenoxy) is 1. The van der Waals surface area contributed by atoms with Crippen molar-refractivity contribution in [2.45, 2.75) is 20.0 Å². The second kappa shape index (κ2) is 7.37. The minimum atomic E-state index is -0.357. The highest BCUT2D eigenvalue weighted by Crippen LogP contribution is 2.37. The molecule has 1 aliphatic rings. The molecule has 128 valence electrons.